The second kappa shape index (κ2) is 6.52. The summed E-state index contributed by atoms with van der Waals surface area (Å²) in [5.74, 6) is 1.60. The number of rotatable bonds is 3. The summed E-state index contributed by atoms with van der Waals surface area (Å²) in [6.07, 6.45) is -0.0998. The standard InChI is InChI=1S/C15H20BrNO4/c1-10-9-21-12(8-18)7-17(10)6-11-4-14-15(5-13(11)16)20-3-2-19-14/h4-5,10,12,18H,2-3,6-9H2,1H3. The van der Waals surface area contributed by atoms with Crippen LogP contribution >= 0.6 is 15.9 Å². The summed E-state index contributed by atoms with van der Waals surface area (Å²) in [6.45, 7) is 5.56. The highest BCUT2D eigenvalue weighted by Crippen LogP contribution is 2.36. The van der Waals surface area contributed by atoms with Crippen LogP contribution in [-0.4, -0.2) is 55.1 Å². The van der Waals surface area contributed by atoms with Crippen molar-refractivity contribution < 1.29 is 19.3 Å². The molecule has 1 fully saturated rings. The zero-order chi connectivity index (χ0) is 14.8. The van der Waals surface area contributed by atoms with Crippen molar-refractivity contribution in [1.82, 2.24) is 4.90 Å². The summed E-state index contributed by atoms with van der Waals surface area (Å²) in [6, 6.07) is 4.33. The minimum Gasteiger partial charge on any atom is -0.486 e. The van der Waals surface area contributed by atoms with E-state index in [0.29, 0.717) is 25.9 Å². The molecule has 1 aromatic rings. The highest BCUT2D eigenvalue weighted by molar-refractivity contribution is 9.10. The van der Waals surface area contributed by atoms with Crippen LogP contribution in [0.1, 0.15) is 12.5 Å². The first-order chi connectivity index (χ1) is 10.2. The fraction of sp³-hybridized carbons (Fsp3) is 0.600. The molecule has 5 nitrogen and oxygen atoms in total. The van der Waals surface area contributed by atoms with Gasteiger partial charge < -0.3 is 19.3 Å². The van der Waals surface area contributed by atoms with Gasteiger partial charge in [0, 0.05) is 23.6 Å². The maximum absolute atomic E-state index is 9.28. The van der Waals surface area contributed by atoms with Crippen LogP contribution in [0.5, 0.6) is 11.5 Å². The summed E-state index contributed by atoms with van der Waals surface area (Å²) in [5.41, 5.74) is 1.16. The summed E-state index contributed by atoms with van der Waals surface area (Å²) in [5, 5.41) is 9.28. The molecule has 2 heterocycles. The number of morpholine rings is 1. The Kier molecular flexibility index (Phi) is 4.69. The van der Waals surface area contributed by atoms with E-state index in [4.69, 9.17) is 14.2 Å². The van der Waals surface area contributed by atoms with Gasteiger partial charge in [-0.2, -0.15) is 0 Å². The number of benzene rings is 1. The van der Waals surface area contributed by atoms with Gasteiger partial charge in [0.25, 0.3) is 0 Å². The van der Waals surface area contributed by atoms with Crippen molar-refractivity contribution in [2.75, 3.05) is 33.0 Å². The SMILES string of the molecule is CC1COC(CO)CN1Cc1cc2c(cc1Br)OCCO2. The third-order valence-electron chi connectivity index (χ3n) is 3.92. The lowest BCUT2D eigenvalue weighted by atomic mass is 10.1. The number of hydrogen-bond donors (Lipinski definition) is 1. The van der Waals surface area contributed by atoms with E-state index in [1.807, 2.05) is 12.1 Å². The summed E-state index contributed by atoms with van der Waals surface area (Å²) in [7, 11) is 0. The molecule has 21 heavy (non-hydrogen) atoms. The Labute approximate surface area is 132 Å². The molecule has 2 unspecified atom stereocenters. The lowest BCUT2D eigenvalue weighted by Gasteiger charge is -2.37. The molecule has 2 aliphatic heterocycles. The van der Waals surface area contributed by atoms with E-state index >= 15 is 0 Å². The molecule has 1 N–H and O–H groups in total. The van der Waals surface area contributed by atoms with Crippen LogP contribution in [0.15, 0.2) is 16.6 Å². The van der Waals surface area contributed by atoms with Gasteiger partial charge in [0.2, 0.25) is 0 Å². The van der Waals surface area contributed by atoms with E-state index in [1.165, 1.54) is 0 Å². The molecule has 0 radical (unpaired) electrons. The topological polar surface area (TPSA) is 51.2 Å². The van der Waals surface area contributed by atoms with Crippen molar-refractivity contribution in [3.05, 3.63) is 22.2 Å². The minimum atomic E-state index is -0.0998. The van der Waals surface area contributed by atoms with Gasteiger partial charge in [0.15, 0.2) is 11.5 Å². The Morgan fingerprint density at radius 3 is 2.71 bits per heavy atom. The summed E-state index contributed by atoms with van der Waals surface area (Å²) >= 11 is 3.61. The van der Waals surface area contributed by atoms with Gasteiger partial charge in [-0.05, 0) is 24.6 Å². The normalized spacial score (nSPS) is 25.9. The Morgan fingerprint density at radius 1 is 1.29 bits per heavy atom. The Morgan fingerprint density at radius 2 is 2.00 bits per heavy atom. The second-order valence-electron chi connectivity index (χ2n) is 5.50. The number of nitrogens with zero attached hydrogens (tertiary/aromatic N) is 1. The van der Waals surface area contributed by atoms with Crippen LogP contribution in [0.3, 0.4) is 0 Å². The lowest BCUT2D eigenvalue weighted by molar-refractivity contribution is -0.0806. The number of ether oxygens (including phenoxy) is 3. The predicted octanol–water partition coefficient (Wildman–Crippen LogP) is 1.80. The molecule has 2 atom stereocenters. The molecule has 1 aromatic carbocycles. The van der Waals surface area contributed by atoms with Gasteiger partial charge in [-0.1, -0.05) is 15.9 Å². The molecular weight excluding hydrogens is 338 g/mol. The third kappa shape index (κ3) is 3.34. The van der Waals surface area contributed by atoms with Gasteiger partial charge in [0.05, 0.1) is 19.3 Å². The molecule has 2 aliphatic rings. The average Bonchev–Trinajstić information content (AvgIpc) is 2.50. The Hall–Kier alpha value is -0.820. The molecule has 0 aliphatic carbocycles. The maximum Gasteiger partial charge on any atom is 0.162 e. The number of halogens is 1. The highest BCUT2D eigenvalue weighted by atomic mass is 79.9. The van der Waals surface area contributed by atoms with Crippen molar-refractivity contribution in [1.29, 1.82) is 0 Å². The van der Waals surface area contributed by atoms with Crippen molar-refractivity contribution >= 4 is 15.9 Å². The van der Waals surface area contributed by atoms with Crippen LogP contribution in [0.25, 0.3) is 0 Å². The summed E-state index contributed by atoms with van der Waals surface area (Å²) in [4.78, 5) is 2.32. The van der Waals surface area contributed by atoms with E-state index in [1.54, 1.807) is 0 Å². The molecule has 0 bridgehead atoms. The van der Waals surface area contributed by atoms with Crippen molar-refractivity contribution in [2.45, 2.75) is 25.6 Å². The Bertz CT molecular complexity index is 511. The van der Waals surface area contributed by atoms with Gasteiger partial charge in [-0.15, -0.1) is 0 Å². The van der Waals surface area contributed by atoms with Gasteiger partial charge >= 0.3 is 0 Å². The van der Waals surface area contributed by atoms with Crippen molar-refractivity contribution in [3.8, 4) is 11.5 Å². The second-order valence-corrected chi connectivity index (χ2v) is 6.36. The van der Waals surface area contributed by atoms with Crippen molar-refractivity contribution in [3.63, 3.8) is 0 Å². The fourth-order valence-electron chi connectivity index (χ4n) is 2.65. The zero-order valence-electron chi connectivity index (χ0n) is 12.0. The van der Waals surface area contributed by atoms with Crippen LogP contribution in [0, 0.1) is 0 Å². The van der Waals surface area contributed by atoms with Gasteiger partial charge in [-0.25, -0.2) is 0 Å². The third-order valence-corrected chi connectivity index (χ3v) is 4.66. The minimum absolute atomic E-state index is 0.0610. The van der Waals surface area contributed by atoms with E-state index in [0.717, 1.165) is 34.6 Å². The monoisotopic (exact) mass is 357 g/mol. The first-order valence-corrected chi connectivity index (χ1v) is 8.01. The van der Waals surface area contributed by atoms with Gasteiger partial charge in [0.1, 0.15) is 13.2 Å². The van der Waals surface area contributed by atoms with Gasteiger partial charge in [-0.3, -0.25) is 4.90 Å². The largest absolute Gasteiger partial charge is 0.486 e. The van der Waals surface area contributed by atoms with Crippen LogP contribution < -0.4 is 9.47 Å². The molecule has 0 spiro atoms. The number of hydrogen-bond acceptors (Lipinski definition) is 5. The quantitative estimate of drug-likeness (QED) is 0.893. The molecule has 0 amide bonds. The lowest BCUT2D eigenvalue weighted by Crippen LogP contribution is -2.48. The predicted molar refractivity (Wildman–Crippen MR) is 81.8 cm³/mol. The van der Waals surface area contributed by atoms with E-state index in [-0.39, 0.29) is 12.7 Å². The molecule has 0 saturated carbocycles. The first kappa shape index (κ1) is 15.1. The first-order valence-electron chi connectivity index (χ1n) is 7.22. The number of fused-ring (bicyclic) bond motifs is 1. The van der Waals surface area contributed by atoms with Crippen LogP contribution in [-0.2, 0) is 11.3 Å². The smallest absolute Gasteiger partial charge is 0.162 e. The highest BCUT2D eigenvalue weighted by Gasteiger charge is 2.26. The molecular formula is C15H20BrNO4. The van der Waals surface area contributed by atoms with E-state index < -0.39 is 0 Å². The number of aliphatic hydroxyl groups is 1. The molecule has 0 aromatic heterocycles. The zero-order valence-corrected chi connectivity index (χ0v) is 13.6. The molecule has 116 valence electrons. The molecule has 3 rings (SSSR count). The van der Waals surface area contributed by atoms with Crippen molar-refractivity contribution in [2.24, 2.45) is 0 Å². The Balaban J connectivity index is 1.77. The van der Waals surface area contributed by atoms with E-state index in [2.05, 4.69) is 27.8 Å². The number of aliphatic hydroxyl groups excluding tert-OH is 1. The molecule has 6 heteroatoms. The van der Waals surface area contributed by atoms with E-state index in [9.17, 15) is 5.11 Å². The van der Waals surface area contributed by atoms with Crippen LogP contribution in [0.2, 0.25) is 0 Å². The molecule has 1 saturated heterocycles. The average molecular weight is 358 g/mol. The summed E-state index contributed by atoms with van der Waals surface area (Å²) < 4.78 is 17.8. The maximum atomic E-state index is 9.28. The van der Waals surface area contributed by atoms with Crippen LogP contribution in [0.4, 0.5) is 0 Å². The fourth-order valence-corrected chi connectivity index (χ4v) is 3.10.